The highest BCUT2D eigenvalue weighted by atomic mass is 32.2. The number of anilines is 2. The number of amides is 1. The molecule has 6 nitrogen and oxygen atoms in total. The molecule has 0 radical (unpaired) electrons. The van der Waals surface area contributed by atoms with Gasteiger partial charge in [0.05, 0.1) is 11.4 Å². The Balaban J connectivity index is 2.09. The molecule has 2 aromatic rings. The SMILES string of the molecule is CCc1cccc(NC(=O)CNc2ccc(C)c(S(=O)(=O)N(CC)CC)c2)c1. The van der Waals surface area contributed by atoms with E-state index in [4.69, 9.17) is 0 Å². The molecule has 1 amide bonds. The number of nitrogens with one attached hydrogen (secondary N) is 2. The van der Waals surface area contributed by atoms with Gasteiger partial charge in [0.1, 0.15) is 0 Å². The average molecular weight is 404 g/mol. The lowest BCUT2D eigenvalue weighted by Gasteiger charge is -2.20. The minimum Gasteiger partial charge on any atom is -0.376 e. The van der Waals surface area contributed by atoms with E-state index in [0.717, 1.165) is 17.7 Å². The number of sulfonamides is 1. The topological polar surface area (TPSA) is 78.5 Å². The maximum absolute atomic E-state index is 12.8. The summed E-state index contributed by atoms with van der Waals surface area (Å²) in [6.45, 7) is 8.33. The summed E-state index contributed by atoms with van der Waals surface area (Å²) in [6, 6.07) is 12.8. The minimum absolute atomic E-state index is 0.0458. The van der Waals surface area contributed by atoms with Gasteiger partial charge in [0.25, 0.3) is 0 Å². The summed E-state index contributed by atoms with van der Waals surface area (Å²) < 4.78 is 27.1. The van der Waals surface area contributed by atoms with E-state index in [9.17, 15) is 13.2 Å². The van der Waals surface area contributed by atoms with E-state index in [1.807, 2.05) is 38.1 Å². The zero-order chi connectivity index (χ0) is 20.7. The summed E-state index contributed by atoms with van der Waals surface area (Å²) in [5.41, 5.74) is 3.17. The summed E-state index contributed by atoms with van der Waals surface area (Å²) in [5, 5.41) is 5.86. The Morgan fingerprint density at radius 1 is 1.00 bits per heavy atom. The molecule has 0 spiro atoms. The summed E-state index contributed by atoms with van der Waals surface area (Å²) in [5.74, 6) is -0.193. The molecule has 0 fully saturated rings. The smallest absolute Gasteiger partial charge is 0.243 e. The zero-order valence-electron chi connectivity index (χ0n) is 17.0. The third kappa shape index (κ3) is 5.33. The fourth-order valence-electron chi connectivity index (χ4n) is 2.95. The first-order valence-corrected chi connectivity index (χ1v) is 11.0. The van der Waals surface area contributed by atoms with Gasteiger partial charge < -0.3 is 10.6 Å². The highest BCUT2D eigenvalue weighted by Gasteiger charge is 2.23. The van der Waals surface area contributed by atoms with E-state index in [2.05, 4.69) is 17.6 Å². The standard InChI is InChI=1S/C21H29N3O3S/c1-5-17-9-8-10-19(13-17)23-21(25)15-22-18-12-11-16(4)20(14-18)28(26,27)24(6-2)7-3/h8-14,22H,5-7,15H2,1-4H3,(H,23,25). The molecule has 7 heteroatoms. The van der Waals surface area contributed by atoms with Crippen LogP contribution in [-0.2, 0) is 21.2 Å². The van der Waals surface area contributed by atoms with Crippen molar-refractivity contribution in [2.75, 3.05) is 30.3 Å². The van der Waals surface area contributed by atoms with Gasteiger partial charge in [-0.15, -0.1) is 0 Å². The molecule has 0 aromatic heterocycles. The molecule has 0 saturated heterocycles. The lowest BCUT2D eigenvalue weighted by molar-refractivity contribution is -0.114. The predicted molar refractivity (Wildman–Crippen MR) is 114 cm³/mol. The van der Waals surface area contributed by atoms with Gasteiger partial charge >= 0.3 is 0 Å². The first-order valence-electron chi connectivity index (χ1n) is 9.55. The van der Waals surface area contributed by atoms with E-state index in [0.29, 0.717) is 24.3 Å². The molecule has 0 aliphatic rings. The quantitative estimate of drug-likeness (QED) is 0.670. The molecule has 28 heavy (non-hydrogen) atoms. The summed E-state index contributed by atoms with van der Waals surface area (Å²) in [4.78, 5) is 12.5. The summed E-state index contributed by atoms with van der Waals surface area (Å²) in [7, 11) is -3.56. The summed E-state index contributed by atoms with van der Waals surface area (Å²) >= 11 is 0. The number of hydrogen-bond acceptors (Lipinski definition) is 4. The number of carbonyl (C=O) groups is 1. The Hall–Kier alpha value is -2.38. The Morgan fingerprint density at radius 2 is 1.71 bits per heavy atom. The lowest BCUT2D eigenvalue weighted by atomic mass is 10.1. The Bertz CT molecular complexity index is 922. The zero-order valence-corrected chi connectivity index (χ0v) is 17.8. The fourth-order valence-corrected chi connectivity index (χ4v) is 4.66. The molecule has 0 heterocycles. The van der Waals surface area contributed by atoms with Crippen LogP contribution in [0.15, 0.2) is 47.4 Å². The molecule has 2 aromatic carbocycles. The van der Waals surface area contributed by atoms with Gasteiger partial charge in [-0.2, -0.15) is 4.31 Å². The van der Waals surface area contributed by atoms with Crippen molar-refractivity contribution in [1.29, 1.82) is 0 Å². The summed E-state index contributed by atoms with van der Waals surface area (Å²) in [6.07, 6.45) is 0.898. The van der Waals surface area contributed by atoms with Crippen molar-refractivity contribution in [3.63, 3.8) is 0 Å². The fraction of sp³-hybridized carbons (Fsp3) is 0.381. The van der Waals surface area contributed by atoms with E-state index < -0.39 is 10.0 Å². The molecule has 0 atom stereocenters. The van der Waals surface area contributed by atoms with Crippen molar-refractivity contribution >= 4 is 27.3 Å². The van der Waals surface area contributed by atoms with Crippen LogP contribution in [0.4, 0.5) is 11.4 Å². The maximum atomic E-state index is 12.8. The van der Waals surface area contributed by atoms with Gasteiger partial charge in [-0.05, 0) is 48.7 Å². The van der Waals surface area contributed by atoms with Crippen LogP contribution in [0, 0.1) is 6.92 Å². The first kappa shape index (κ1) is 21.9. The van der Waals surface area contributed by atoms with Crippen LogP contribution in [0.25, 0.3) is 0 Å². The van der Waals surface area contributed by atoms with E-state index >= 15 is 0 Å². The highest BCUT2D eigenvalue weighted by molar-refractivity contribution is 7.89. The van der Waals surface area contributed by atoms with Gasteiger partial charge in [0.15, 0.2) is 0 Å². The van der Waals surface area contributed by atoms with Crippen molar-refractivity contribution < 1.29 is 13.2 Å². The van der Waals surface area contributed by atoms with Crippen LogP contribution >= 0.6 is 0 Å². The molecule has 0 bridgehead atoms. The minimum atomic E-state index is -3.56. The van der Waals surface area contributed by atoms with Gasteiger partial charge in [0, 0.05) is 24.5 Å². The molecule has 0 saturated carbocycles. The van der Waals surface area contributed by atoms with Crippen molar-refractivity contribution in [3.05, 3.63) is 53.6 Å². The molecule has 2 rings (SSSR count). The monoisotopic (exact) mass is 403 g/mol. The largest absolute Gasteiger partial charge is 0.376 e. The maximum Gasteiger partial charge on any atom is 0.243 e. The van der Waals surface area contributed by atoms with Crippen molar-refractivity contribution in [1.82, 2.24) is 4.31 Å². The second-order valence-electron chi connectivity index (χ2n) is 6.53. The van der Waals surface area contributed by atoms with Crippen LogP contribution < -0.4 is 10.6 Å². The van der Waals surface area contributed by atoms with E-state index in [-0.39, 0.29) is 17.3 Å². The Kier molecular flexibility index (Phi) is 7.60. The number of aryl methyl sites for hydroxylation is 2. The molecule has 0 unspecified atom stereocenters. The second kappa shape index (κ2) is 9.71. The van der Waals surface area contributed by atoms with E-state index in [1.54, 1.807) is 25.1 Å². The van der Waals surface area contributed by atoms with Gasteiger partial charge in [-0.3, -0.25) is 4.79 Å². The number of hydrogen-bond donors (Lipinski definition) is 2. The van der Waals surface area contributed by atoms with Crippen LogP contribution in [0.2, 0.25) is 0 Å². The third-order valence-corrected chi connectivity index (χ3v) is 6.78. The van der Waals surface area contributed by atoms with Crippen molar-refractivity contribution in [2.45, 2.75) is 39.0 Å². The molecular formula is C21H29N3O3S. The molecular weight excluding hydrogens is 374 g/mol. The van der Waals surface area contributed by atoms with Gasteiger partial charge in [0.2, 0.25) is 15.9 Å². The highest BCUT2D eigenvalue weighted by Crippen LogP contribution is 2.23. The Morgan fingerprint density at radius 3 is 2.36 bits per heavy atom. The number of rotatable bonds is 9. The van der Waals surface area contributed by atoms with Crippen LogP contribution in [0.3, 0.4) is 0 Å². The van der Waals surface area contributed by atoms with Gasteiger partial charge in [-0.1, -0.05) is 39.0 Å². The van der Waals surface area contributed by atoms with Crippen LogP contribution in [0.1, 0.15) is 31.9 Å². The third-order valence-electron chi connectivity index (χ3n) is 4.58. The molecule has 2 N–H and O–H groups in total. The predicted octanol–water partition coefficient (Wildman–Crippen LogP) is 3.64. The van der Waals surface area contributed by atoms with Crippen LogP contribution in [0.5, 0.6) is 0 Å². The second-order valence-corrected chi connectivity index (χ2v) is 8.43. The number of benzene rings is 2. The first-order chi connectivity index (χ1) is 13.3. The average Bonchev–Trinajstić information content (AvgIpc) is 2.68. The van der Waals surface area contributed by atoms with Crippen molar-refractivity contribution in [2.24, 2.45) is 0 Å². The number of nitrogens with zero attached hydrogens (tertiary/aromatic N) is 1. The van der Waals surface area contributed by atoms with E-state index in [1.165, 1.54) is 4.31 Å². The molecule has 0 aliphatic heterocycles. The van der Waals surface area contributed by atoms with Crippen LogP contribution in [-0.4, -0.2) is 38.3 Å². The molecule has 0 aliphatic carbocycles. The normalized spacial score (nSPS) is 11.5. The Labute approximate surface area is 168 Å². The molecule has 152 valence electrons. The van der Waals surface area contributed by atoms with Crippen molar-refractivity contribution in [3.8, 4) is 0 Å². The lowest BCUT2D eigenvalue weighted by Crippen LogP contribution is -2.31. The van der Waals surface area contributed by atoms with Gasteiger partial charge in [-0.25, -0.2) is 8.42 Å². The number of carbonyl (C=O) groups excluding carboxylic acids is 1.